The summed E-state index contributed by atoms with van der Waals surface area (Å²) in [6, 6.07) is 3.58. The van der Waals surface area contributed by atoms with Gasteiger partial charge in [0.1, 0.15) is 18.1 Å². The van der Waals surface area contributed by atoms with Gasteiger partial charge in [0, 0.05) is 12.7 Å². The molecule has 0 spiro atoms. The van der Waals surface area contributed by atoms with E-state index in [1.807, 2.05) is 11.0 Å². The molecule has 0 aromatic carbocycles. The molecule has 5 heteroatoms. The van der Waals surface area contributed by atoms with Gasteiger partial charge in [-0.05, 0) is 12.5 Å². The predicted molar refractivity (Wildman–Crippen MR) is 55.7 cm³/mol. The van der Waals surface area contributed by atoms with Crippen molar-refractivity contribution in [3.63, 3.8) is 0 Å². The van der Waals surface area contributed by atoms with Crippen LogP contribution in [0.3, 0.4) is 0 Å². The number of nitrogens with zero attached hydrogens (tertiary/aromatic N) is 3. The fourth-order valence-electron chi connectivity index (χ4n) is 1.61. The molecule has 1 aromatic heterocycles. The van der Waals surface area contributed by atoms with Crippen LogP contribution in [0, 0.1) is 11.3 Å². The van der Waals surface area contributed by atoms with Crippen molar-refractivity contribution in [2.24, 2.45) is 0 Å². The van der Waals surface area contributed by atoms with Gasteiger partial charge in [0.25, 0.3) is 0 Å². The minimum atomic E-state index is -0.798. The van der Waals surface area contributed by atoms with Gasteiger partial charge < -0.3 is 4.90 Å². The van der Waals surface area contributed by atoms with E-state index in [1.54, 1.807) is 6.07 Å². The van der Waals surface area contributed by atoms with Gasteiger partial charge in [-0.15, -0.1) is 0 Å². The fraction of sp³-hybridized carbons (Fsp3) is 0.400. The van der Waals surface area contributed by atoms with E-state index in [1.165, 1.54) is 6.20 Å². The monoisotopic (exact) mass is 225 g/mol. The molecule has 3 nitrogen and oxygen atoms in total. The highest BCUT2D eigenvalue weighted by Crippen LogP contribution is 2.23. The van der Waals surface area contributed by atoms with E-state index in [4.69, 9.17) is 16.9 Å². The molecule has 0 saturated carbocycles. The predicted octanol–water partition coefficient (Wildman–Crippen LogP) is 2.15. The Balaban J connectivity index is 2.26. The zero-order valence-electron chi connectivity index (χ0n) is 7.95. The third-order valence-corrected chi connectivity index (χ3v) is 2.72. The van der Waals surface area contributed by atoms with Crippen LogP contribution in [0.15, 0.2) is 12.3 Å². The molecule has 1 aromatic rings. The number of nitriles is 1. The van der Waals surface area contributed by atoms with Crippen molar-refractivity contribution in [3.05, 3.63) is 22.8 Å². The van der Waals surface area contributed by atoms with Gasteiger partial charge in [-0.1, -0.05) is 11.6 Å². The van der Waals surface area contributed by atoms with E-state index in [-0.39, 0.29) is 0 Å². The maximum atomic E-state index is 13.0. The first kappa shape index (κ1) is 10.2. The zero-order valence-corrected chi connectivity index (χ0v) is 8.71. The minimum absolute atomic E-state index is 0.331. The number of hydrogen-bond donors (Lipinski definition) is 0. The highest BCUT2D eigenvalue weighted by molar-refractivity contribution is 6.31. The van der Waals surface area contributed by atoms with Crippen LogP contribution in [0.1, 0.15) is 12.0 Å². The van der Waals surface area contributed by atoms with Crippen LogP contribution >= 0.6 is 11.6 Å². The van der Waals surface area contributed by atoms with Crippen molar-refractivity contribution in [3.8, 4) is 6.07 Å². The number of pyridine rings is 1. The second-order valence-corrected chi connectivity index (χ2v) is 3.87. The molecule has 1 fully saturated rings. The van der Waals surface area contributed by atoms with E-state index < -0.39 is 6.17 Å². The van der Waals surface area contributed by atoms with Crippen LogP contribution in [0.4, 0.5) is 10.2 Å². The second-order valence-electron chi connectivity index (χ2n) is 3.47. The Morgan fingerprint density at radius 3 is 3.07 bits per heavy atom. The van der Waals surface area contributed by atoms with Crippen LogP contribution in [0.2, 0.25) is 5.02 Å². The highest BCUT2D eigenvalue weighted by Gasteiger charge is 2.23. The molecular formula is C10H9ClFN3. The fourth-order valence-corrected chi connectivity index (χ4v) is 1.76. The zero-order chi connectivity index (χ0) is 10.8. The van der Waals surface area contributed by atoms with Crippen LogP contribution < -0.4 is 4.90 Å². The Hall–Kier alpha value is -1.34. The smallest absolute Gasteiger partial charge is 0.130 e. The van der Waals surface area contributed by atoms with Gasteiger partial charge in [0.05, 0.1) is 17.1 Å². The Bertz CT molecular complexity index is 416. The van der Waals surface area contributed by atoms with Crippen molar-refractivity contribution in [1.29, 1.82) is 5.26 Å². The van der Waals surface area contributed by atoms with Crippen LogP contribution in [0.25, 0.3) is 0 Å². The summed E-state index contributed by atoms with van der Waals surface area (Å²) in [5, 5.41) is 9.11. The van der Waals surface area contributed by atoms with Gasteiger partial charge >= 0.3 is 0 Å². The summed E-state index contributed by atoms with van der Waals surface area (Å²) in [6.07, 6.45) is 1.15. The van der Waals surface area contributed by atoms with E-state index in [2.05, 4.69) is 4.98 Å². The minimum Gasteiger partial charge on any atom is -0.354 e. The lowest BCUT2D eigenvalue weighted by atomic mass is 10.3. The van der Waals surface area contributed by atoms with Crippen molar-refractivity contribution in [1.82, 2.24) is 4.98 Å². The molecule has 2 heterocycles. The number of rotatable bonds is 1. The normalized spacial score (nSPS) is 20.3. The Morgan fingerprint density at radius 2 is 2.47 bits per heavy atom. The average Bonchev–Trinajstić information content (AvgIpc) is 2.66. The van der Waals surface area contributed by atoms with Crippen molar-refractivity contribution >= 4 is 17.4 Å². The Labute approximate surface area is 92.1 Å². The van der Waals surface area contributed by atoms with Crippen LogP contribution in [0.5, 0.6) is 0 Å². The number of aromatic nitrogens is 1. The molecule has 1 atom stereocenters. The van der Waals surface area contributed by atoms with E-state index in [0.717, 1.165) is 0 Å². The molecule has 0 unspecified atom stereocenters. The third-order valence-electron chi connectivity index (χ3n) is 2.42. The molecule has 0 amide bonds. The van der Waals surface area contributed by atoms with Crippen molar-refractivity contribution in [2.45, 2.75) is 12.6 Å². The molecule has 1 saturated heterocycles. The molecule has 15 heavy (non-hydrogen) atoms. The van der Waals surface area contributed by atoms with Gasteiger partial charge in [0.15, 0.2) is 0 Å². The Kier molecular flexibility index (Phi) is 2.74. The summed E-state index contributed by atoms with van der Waals surface area (Å²) in [6.45, 7) is 0.986. The second kappa shape index (κ2) is 4.03. The van der Waals surface area contributed by atoms with E-state index >= 15 is 0 Å². The topological polar surface area (TPSA) is 39.9 Å². The van der Waals surface area contributed by atoms with Crippen molar-refractivity contribution < 1.29 is 4.39 Å². The number of hydrogen-bond acceptors (Lipinski definition) is 3. The number of halogens is 2. The first-order chi connectivity index (χ1) is 7.20. The van der Waals surface area contributed by atoms with Gasteiger partial charge in [-0.25, -0.2) is 9.37 Å². The molecule has 1 aliphatic heterocycles. The number of anilines is 1. The van der Waals surface area contributed by atoms with E-state index in [9.17, 15) is 4.39 Å². The summed E-state index contributed by atoms with van der Waals surface area (Å²) >= 11 is 5.75. The SMILES string of the molecule is N#Cc1cc(N2CC[C@@H](F)C2)ncc1Cl. The summed E-state index contributed by atoms with van der Waals surface area (Å²) in [5.41, 5.74) is 0.379. The maximum Gasteiger partial charge on any atom is 0.130 e. The van der Waals surface area contributed by atoms with Crippen LogP contribution in [-0.2, 0) is 0 Å². The van der Waals surface area contributed by atoms with Crippen LogP contribution in [-0.4, -0.2) is 24.2 Å². The molecule has 78 valence electrons. The lowest BCUT2D eigenvalue weighted by molar-refractivity contribution is 0.364. The van der Waals surface area contributed by atoms with Crippen molar-refractivity contribution in [2.75, 3.05) is 18.0 Å². The molecule has 1 aliphatic rings. The molecule has 0 aliphatic carbocycles. The quantitative estimate of drug-likeness (QED) is 0.735. The Morgan fingerprint density at radius 1 is 1.67 bits per heavy atom. The summed E-state index contributed by atoms with van der Waals surface area (Å²) in [4.78, 5) is 5.90. The standard InChI is InChI=1S/C10H9ClFN3/c11-9-5-14-10(3-7(9)4-13)15-2-1-8(12)6-15/h3,5,8H,1-2,6H2/t8-/m1/s1. The number of alkyl halides is 1. The van der Waals surface area contributed by atoms with E-state index in [0.29, 0.717) is 35.9 Å². The summed E-state index contributed by atoms with van der Waals surface area (Å²) in [7, 11) is 0. The average molecular weight is 226 g/mol. The third kappa shape index (κ3) is 2.02. The van der Waals surface area contributed by atoms with Gasteiger partial charge in [-0.3, -0.25) is 0 Å². The molecular weight excluding hydrogens is 217 g/mol. The van der Waals surface area contributed by atoms with Gasteiger partial charge in [-0.2, -0.15) is 5.26 Å². The molecule has 0 radical (unpaired) electrons. The molecule has 0 bridgehead atoms. The maximum absolute atomic E-state index is 13.0. The summed E-state index contributed by atoms with van der Waals surface area (Å²) in [5.74, 6) is 0.621. The lowest BCUT2D eigenvalue weighted by Crippen LogP contribution is -2.21. The first-order valence-corrected chi connectivity index (χ1v) is 5.03. The van der Waals surface area contributed by atoms with Gasteiger partial charge in [0.2, 0.25) is 0 Å². The highest BCUT2D eigenvalue weighted by atomic mass is 35.5. The largest absolute Gasteiger partial charge is 0.354 e. The molecule has 2 rings (SSSR count). The summed E-state index contributed by atoms with van der Waals surface area (Å²) < 4.78 is 13.0. The lowest BCUT2D eigenvalue weighted by Gasteiger charge is -2.16. The first-order valence-electron chi connectivity index (χ1n) is 4.65. The molecule has 0 N–H and O–H groups in total.